The summed E-state index contributed by atoms with van der Waals surface area (Å²) in [6.07, 6.45) is 0.233. The van der Waals surface area contributed by atoms with Gasteiger partial charge in [0.2, 0.25) is 5.91 Å². The van der Waals surface area contributed by atoms with Crippen molar-refractivity contribution >= 4 is 11.6 Å². The summed E-state index contributed by atoms with van der Waals surface area (Å²) in [6.45, 7) is 6.02. The Morgan fingerprint density at radius 2 is 2.06 bits per heavy atom. The molecule has 92 valence electrons. The molecule has 1 aromatic carbocycles. The van der Waals surface area contributed by atoms with Crippen LogP contribution in [0.1, 0.15) is 37.9 Å². The van der Waals surface area contributed by atoms with Crippen LogP contribution in [0.4, 0.5) is 10.1 Å². The predicted molar refractivity (Wildman–Crippen MR) is 65.1 cm³/mol. The Hall–Kier alpha value is -1.42. The molecular formula is C13H17FN2O. The van der Waals surface area contributed by atoms with E-state index < -0.39 is 5.82 Å². The molecule has 1 atom stereocenters. The quantitative estimate of drug-likeness (QED) is 0.786. The molecule has 0 aromatic heterocycles. The number of benzene rings is 1. The first-order valence-corrected chi connectivity index (χ1v) is 5.67. The Labute approximate surface area is 100 Å². The minimum absolute atomic E-state index is 0.142. The molecule has 0 radical (unpaired) electrons. The van der Waals surface area contributed by atoms with E-state index in [0.717, 1.165) is 5.56 Å². The van der Waals surface area contributed by atoms with Crippen LogP contribution in [0.25, 0.3) is 0 Å². The van der Waals surface area contributed by atoms with Gasteiger partial charge in [-0.2, -0.15) is 0 Å². The average molecular weight is 236 g/mol. The largest absolute Gasteiger partial charge is 0.324 e. The van der Waals surface area contributed by atoms with Gasteiger partial charge in [-0.3, -0.25) is 4.79 Å². The summed E-state index contributed by atoms with van der Waals surface area (Å²) < 4.78 is 13.8. The van der Waals surface area contributed by atoms with Crippen molar-refractivity contribution in [3.05, 3.63) is 29.1 Å². The van der Waals surface area contributed by atoms with Crippen molar-refractivity contribution in [2.75, 3.05) is 5.32 Å². The van der Waals surface area contributed by atoms with E-state index in [9.17, 15) is 9.18 Å². The predicted octanol–water partition coefficient (Wildman–Crippen LogP) is 2.37. The third-order valence-corrected chi connectivity index (χ3v) is 3.10. The second kappa shape index (κ2) is 3.81. The molecule has 0 saturated heterocycles. The minimum Gasteiger partial charge on any atom is -0.324 e. The maximum Gasteiger partial charge on any atom is 0.228 e. The number of halogens is 1. The zero-order valence-corrected chi connectivity index (χ0v) is 10.3. The second-order valence-corrected chi connectivity index (χ2v) is 5.61. The van der Waals surface area contributed by atoms with Crippen LogP contribution in [0.5, 0.6) is 0 Å². The summed E-state index contributed by atoms with van der Waals surface area (Å²) in [5.74, 6) is -0.566. The van der Waals surface area contributed by atoms with Gasteiger partial charge in [0.15, 0.2) is 0 Å². The lowest BCUT2D eigenvalue weighted by Gasteiger charge is -2.27. The molecule has 0 fully saturated rings. The van der Waals surface area contributed by atoms with Crippen molar-refractivity contribution in [1.82, 2.24) is 0 Å². The van der Waals surface area contributed by atoms with E-state index in [0.29, 0.717) is 11.3 Å². The van der Waals surface area contributed by atoms with Crippen molar-refractivity contribution in [2.24, 2.45) is 11.1 Å². The number of hydrogen-bond acceptors (Lipinski definition) is 2. The van der Waals surface area contributed by atoms with Crippen molar-refractivity contribution < 1.29 is 9.18 Å². The molecule has 2 rings (SSSR count). The fourth-order valence-corrected chi connectivity index (χ4v) is 2.00. The molecule has 1 amide bonds. The standard InChI is InChI=1S/C13H17FN2O/c1-13(2,3)12(15)8-4-7-6-10(17)16-11(7)9(14)5-8/h4-5,12H,6,15H2,1-3H3,(H,16,17). The molecular weight excluding hydrogens is 219 g/mol. The average Bonchev–Trinajstić information content (AvgIpc) is 2.56. The fourth-order valence-electron chi connectivity index (χ4n) is 2.00. The zero-order valence-electron chi connectivity index (χ0n) is 10.3. The van der Waals surface area contributed by atoms with Crippen molar-refractivity contribution in [2.45, 2.75) is 33.2 Å². The summed E-state index contributed by atoms with van der Waals surface area (Å²) >= 11 is 0. The topological polar surface area (TPSA) is 55.1 Å². The maximum atomic E-state index is 13.8. The summed E-state index contributed by atoms with van der Waals surface area (Å²) in [5.41, 5.74) is 7.70. The van der Waals surface area contributed by atoms with Crippen LogP contribution in [0.15, 0.2) is 12.1 Å². The number of carbonyl (C=O) groups excluding carboxylic acids is 1. The lowest BCUT2D eigenvalue weighted by molar-refractivity contribution is -0.115. The minimum atomic E-state index is -0.400. The molecule has 0 saturated carbocycles. The lowest BCUT2D eigenvalue weighted by Crippen LogP contribution is -2.26. The molecule has 3 N–H and O–H groups in total. The fraction of sp³-hybridized carbons (Fsp3) is 0.462. The molecule has 0 aliphatic carbocycles. The number of anilines is 1. The van der Waals surface area contributed by atoms with Gasteiger partial charge in [-0.15, -0.1) is 0 Å². The number of amides is 1. The molecule has 17 heavy (non-hydrogen) atoms. The number of nitrogens with one attached hydrogen (secondary N) is 1. The van der Waals surface area contributed by atoms with Crippen molar-refractivity contribution in [3.63, 3.8) is 0 Å². The van der Waals surface area contributed by atoms with E-state index in [4.69, 9.17) is 5.73 Å². The van der Waals surface area contributed by atoms with Crippen LogP contribution in [0.2, 0.25) is 0 Å². The van der Waals surface area contributed by atoms with E-state index in [-0.39, 0.29) is 23.8 Å². The van der Waals surface area contributed by atoms with E-state index >= 15 is 0 Å². The first-order chi connectivity index (χ1) is 7.79. The van der Waals surface area contributed by atoms with E-state index in [1.165, 1.54) is 6.07 Å². The molecule has 4 heteroatoms. The first kappa shape index (κ1) is 12.0. The van der Waals surface area contributed by atoms with E-state index in [1.54, 1.807) is 0 Å². The van der Waals surface area contributed by atoms with Gasteiger partial charge in [-0.05, 0) is 22.6 Å². The number of fused-ring (bicyclic) bond motifs is 1. The Kier molecular flexibility index (Phi) is 2.70. The van der Waals surface area contributed by atoms with Crippen LogP contribution in [-0.2, 0) is 11.2 Å². The van der Waals surface area contributed by atoms with E-state index in [2.05, 4.69) is 5.32 Å². The molecule has 1 heterocycles. The van der Waals surface area contributed by atoms with Gasteiger partial charge in [0.1, 0.15) is 5.82 Å². The van der Waals surface area contributed by atoms with E-state index in [1.807, 2.05) is 26.8 Å². The van der Waals surface area contributed by atoms with Crippen LogP contribution in [-0.4, -0.2) is 5.91 Å². The third kappa shape index (κ3) is 2.17. The van der Waals surface area contributed by atoms with Crippen LogP contribution >= 0.6 is 0 Å². The second-order valence-electron chi connectivity index (χ2n) is 5.61. The number of nitrogens with two attached hydrogens (primary N) is 1. The van der Waals surface area contributed by atoms with Gasteiger partial charge in [0, 0.05) is 6.04 Å². The number of rotatable bonds is 1. The van der Waals surface area contributed by atoms with Gasteiger partial charge in [0.25, 0.3) is 0 Å². The SMILES string of the molecule is CC(C)(C)C(N)c1cc(F)c2c(c1)CC(=O)N2. The van der Waals surface area contributed by atoms with Crippen molar-refractivity contribution in [3.8, 4) is 0 Å². The highest BCUT2D eigenvalue weighted by Gasteiger charge is 2.27. The molecule has 0 spiro atoms. The number of carbonyl (C=O) groups is 1. The lowest BCUT2D eigenvalue weighted by atomic mass is 9.82. The summed E-state index contributed by atoms with van der Waals surface area (Å²) in [4.78, 5) is 11.2. The van der Waals surface area contributed by atoms with Crippen LogP contribution < -0.4 is 11.1 Å². The molecule has 1 aliphatic heterocycles. The van der Waals surface area contributed by atoms with Gasteiger partial charge in [-0.25, -0.2) is 4.39 Å². The third-order valence-electron chi connectivity index (χ3n) is 3.10. The van der Waals surface area contributed by atoms with Gasteiger partial charge in [-0.1, -0.05) is 26.8 Å². The highest BCUT2D eigenvalue weighted by molar-refractivity contribution is 5.99. The van der Waals surface area contributed by atoms with Gasteiger partial charge < -0.3 is 11.1 Å². The Balaban J connectivity index is 2.43. The molecule has 3 nitrogen and oxygen atoms in total. The molecule has 1 aliphatic rings. The molecule has 1 aromatic rings. The summed E-state index contributed by atoms with van der Waals surface area (Å²) in [6, 6.07) is 2.99. The van der Waals surface area contributed by atoms with Gasteiger partial charge >= 0.3 is 0 Å². The van der Waals surface area contributed by atoms with Gasteiger partial charge in [0.05, 0.1) is 12.1 Å². The first-order valence-electron chi connectivity index (χ1n) is 5.67. The van der Waals surface area contributed by atoms with Crippen LogP contribution in [0.3, 0.4) is 0 Å². The van der Waals surface area contributed by atoms with Crippen molar-refractivity contribution in [1.29, 1.82) is 0 Å². The monoisotopic (exact) mass is 236 g/mol. The highest BCUT2D eigenvalue weighted by Crippen LogP contribution is 2.35. The normalized spacial score (nSPS) is 16.6. The summed E-state index contributed by atoms with van der Waals surface area (Å²) in [5, 5.41) is 2.52. The Morgan fingerprint density at radius 3 is 2.65 bits per heavy atom. The zero-order chi connectivity index (χ0) is 12.8. The summed E-state index contributed by atoms with van der Waals surface area (Å²) in [7, 11) is 0. The smallest absolute Gasteiger partial charge is 0.228 e. The van der Waals surface area contributed by atoms with Crippen LogP contribution in [0, 0.1) is 11.2 Å². The maximum absolute atomic E-state index is 13.8. The Morgan fingerprint density at radius 1 is 1.41 bits per heavy atom. The Bertz CT molecular complexity index is 477. The molecule has 0 bridgehead atoms. The molecule has 1 unspecified atom stereocenters. The highest BCUT2D eigenvalue weighted by atomic mass is 19.1. The number of hydrogen-bond donors (Lipinski definition) is 2.